The van der Waals surface area contributed by atoms with Crippen LogP contribution in [0.15, 0.2) is 5.03 Å². The maximum atomic E-state index is 10.5. The quantitative estimate of drug-likeness (QED) is 0.449. The highest BCUT2D eigenvalue weighted by molar-refractivity contribution is 7.80. The molecule has 0 atom stereocenters. The topological polar surface area (TPSA) is 32.9 Å². The second-order valence-corrected chi connectivity index (χ2v) is 3.57. The Labute approximate surface area is 89.3 Å². The molecule has 0 aliphatic rings. The summed E-state index contributed by atoms with van der Waals surface area (Å²) in [6, 6.07) is 0. The largest absolute Gasteiger partial charge is 0.340 e. The smallest absolute Gasteiger partial charge is 0.154 e. The lowest BCUT2D eigenvalue weighted by Crippen LogP contribution is -1.90. The molecule has 1 aromatic heterocycles. The molecular formula is C6H3Cl2NOS2. The fourth-order valence-electron chi connectivity index (χ4n) is 0.657. The summed E-state index contributed by atoms with van der Waals surface area (Å²) >= 11 is 20.2. The number of aldehydes is 1. The number of nitrogens with one attached hydrogen (secondary N) is 1. The van der Waals surface area contributed by atoms with Gasteiger partial charge in [-0.15, -0.1) is 12.6 Å². The fourth-order valence-corrected chi connectivity index (χ4v) is 1.71. The van der Waals surface area contributed by atoms with E-state index in [4.69, 9.17) is 35.4 Å². The van der Waals surface area contributed by atoms with Crippen LogP contribution in [0.2, 0.25) is 10.0 Å². The Morgan fingerprint density at radius 3 is 2.50 bits per heavy atom. The SMILES string of the molecule is O=Cc1c(Cl)c(Cl)c(S)[nH]c1=S. The third kappa shape index (κ3) is 1.66. The third-order valence-electron chi connectivity index (χ3n) is 1.23. The van der Waals surface area contributed by atoms with Gasteiger partial charge < -0.3 is 4.98 Å². The second-order valence-electron chi connectivity index (χ2n) is 1.96. The van der Waals surface area contributed by atoms with E-state index in [1.165, 1.54) is 0 Å². The van der Waals surface area contributed by atoms with E-state index in [1.807, 2.05) is 0 Å². The molecule has 2 nitrogen and oxygen atoms in total. The number of halogens is 2. The Morgan fingerprint density at radius 2 is 2.00 bits per heavy atom. The number of carbonyl (C=O) groups is 1. The molecule has 0 saturated heterocycles. The molecule has 0 aliphatic carbocycles. The molecule has 0 unspecified atom stereocenters. The van der Waals surface area contributed by atoms with Crippen LogP contribution in [0.4, 0.5) is 0 Å². The fraction of sp³-hybridized carbons (Fsp3) is 0. The van der Waals surface area contributed by atoms with Gasteiger partial charge >= 0.3 is 0 Å². The zero-order valence-corrected chi connectivity index (χ0v) is 8.82. The molecule has 1 aromatic rings. The molecular weight excluding hydrogens is 237 g/mol. The van der Waals surface area contributed by atoms with Crippen molar-refractivity contribution in [3.8, 4) is 0 Å². The molecule has 0 saturated carbocycles. The van der Waals surface area contributed by atoms with E-state index in [2.05, 4.69) is 17.6 Å². The summed E-state index contributed by atoms with van der Waals surface area (Å²) in [5, 5.41) is 0.702. The van der Waals surface area contributed by atoms with Gasteiger partial charge in [-0.05, 0) is 0 Å². The minimum absolute atomic E-state index is 0.139. The minimum atomic E-state index is 0.139. The van der Waals surface area contributed by atoms with Crippen molar-refractivity contribution in [2.75, 3.05) is 0 Å². The summed E-state index contributed by atoms with van der Waals surface area (Å²) in [6.07, 6.45) is 0.556. The van der Waals surface area contributed by atoms with Crippen LogP contribution in [-0.4, -0.2) is 11.3 Å². The zero-order chi connectivity index (χ0) is 9.30. The number of aromatic nitrogens is 1. The van der Waals surface area contributed by atoms with Crippen LogP contribution in [0.3, 0.4) is 0 Å². The van der Waals surface area contributed by atoms with Crippen molar-refractivity contribution in [3.05, 3.63) is 20.2 Å². The molecule has 0 aromatic carbocycles. The first-order valence-corrected chi connectivity index (χ1v) is 4.44. The number of rotatable bonds is 1. The van der Waals surface area contributed by atoms with Crippen molar-refractivity contribution in [3.63, 3.8) is 0 Å². The first kappa shape index (κ1) is 10.1. The van der Waals surface area contributed by atoms with Crippen LogP contribution in [-0.2, 0) is 0 Å². The normalized spacial score (nSPS) is 9.92. The predicted octanol–water partition coefficient (Wildman–Crippen LogP) is 3.15. The van der Waals surface area contributed by atoms with E-state index >= 15 is 0 Å². The van der Waals surface area contributed by atoms with E-state index in [9.17, 15) is 4.79 Å². The van der Waals surface area contributed by atoms with Gasteiger partial charge in [0.2, 0.25) is 0 Å². The Morgan fingerprint density at radius 1 is 1.42 bits per heavy atom. The Hall–Kier alpha value is -0.0300. The lowest BCUT2D eigenvalue weighted by atomic mass is 10.3. The van der Waals surface area contributed by atoms with Gasteiger partial charge in [-0.2, -0.15) is 0 Å². The van der Waals surface area contributed by atoms with Crippen molar-refractivity contribution in [2.45, 2.75) is 5.03 Å². The van der Waals surface area contributed by atoms with Gasteiger partial charge in [0.05, 0.1) is 20.6 Å². The highest BCUT2D eigenvalue weighted by atomic mass is 35.5. The maximum absolute atomic E-state index is 10.5. The van der Waals surface area contributed by atoms with E-state index in [0.29, 0.717) is 11.3 Å². The average molecular weight is 240 g/mol. The van der Waals surface area contributed by atoms with Gasteiger partial charge in [0, 0.05) is 0 Å². The number of aromatic amines is 1. The highest BCUT2D eigenvalue weighted by Crippen LogP contribution is 2.29. The molecule has 1 rings (SSSR count). The number of carbonyl (C=O) groups excluding carboxylic acids is 1. The number of H-pyrrole nitrogens is 1. The monoisotopic (exact) mass is 239 g/mol. The Balaban J connectivity index is 3.62. The van der Waals surface area contributed by atoms with Gasteiger partial charge in [0.25, 0.3) is 0 Å². The zero-order valence-electron chi connectivity index (χ0n) is 5.60. The van der Waals surface area contributed by atoms with Gasteiger partial charge in [-0.1, -0.05) is 35.4 Å². The van der Waals surface area contributed by atoms with E-state index in [1.54, 1.807) is 0 Å². The molecule has 64 valence electrons. The molecule has 6 heteroatoms. The standard InChI is InChI=1S/C6H3Cl2NOS2/c7-3-2(1-10)5(11)9-6(12)4(3)8/h1H,(H2,9,11,12). The molecule has 0 radical (unpaired) electrons. The maximum Gasteiger partial charge on any atom is 0.154 e. The van der Waals surface area contributed by atoms with Gasteiger partial charge in [0.15, 0.2) is 6.29 Å². The van der Waals surface area contributed by atoms with Crippen molar-refractivity contribution < 1.29 is 4.79 Å². The predicted molar refractivity (Wildman–Crippen MR) is 54.3 cm³/mol. The molecule has 0 amide bonds. The van der Waals surface area contributed by atoms with Crippen molar-refractivity contribution in [2.24, 2.45) is 0 Å². The Bertz CT molecular complexity index is 388. The summed E-state index contributed by atoms with van der Waals surface area (Å²) < 4.78 is 0.240. The van der Waals surface area contributed by atoms with Crippen LogP contribution in [0.5, 0.6) is 0 Å². The van der Waals surface area contributed by atoms with Crippen molar-refractivity contribution >= 4 is 54.3 Å². The van der Waals surface area contributed by atoms with E-state index in [-0.39, 0.29) is 20.2 Å². The summed E-state index contributed by atoms with van der Waals surface area (Å²) in [6.45, 7) is 0. The molecule has 1 N–H and O–H groups in total. The summed E-state index contributed by atoms with van der Waals surface area (Å²) in [5.74, 6) is 0. The first-order chi connectivity index (χ1) is 5.57. The van der Waals surface area contributed by atoms with Crippen LogP contribution in [0.1, 0.15) is 10.4 Å². The van der Waals surface area contributed by atoms with Gasteiger partial charge in [0.1, 0.15) is 4.64 Å². The molecule has 0 spiro atoms. The van der Waals surface area contributed by atoms with Crippen LogP contribution < -0.4 is 0 Å². The van der Waals surface area contributed by atoms with Crippen LogP contribution in [0, 0.1) is 4.64 Å². The molecule has 0 bridgehead atoms. The first-order valence-electron chi connectivity index (χ1n) is 2.83. The van der Waals surface area contributed by atoms with E-state index in [0.717, 1.165) is 0 Å². The van der Waals surface area contributed by atoms with Crippen LogP contribution >= 0.6 is 48.0 Å². The number of thiol groups is 1. The number of hydrogen-bond acceptors (Lipinski definition) is 3. The Kier molecular flexibility index (Phi) is 3.17. The van der Waals surface area contributed by atoms with E-state index < -0.39 is 0 Å². The number of hydrogen-bond donors (Lipinski definition) is 2. The lowest BCUT2D eigenvalue weighted by Gasteiger charge is -2.02. The lowest BCUT2D eigenvalue weighted by molar-refractivity contribution is 0.112. The molecule has 1 heterocycles. The third-order valence-corrected chi connectivity index (χ3v) is 2.89. The summed E-state index contributed by atoms with van der Waals surface area (Å²) in [7, 11) is 0. The van der Waals surface area contributed by atoms with Crippen molar-refractivity contribution in [1.82, 2.24) is 4.98 Å². The molecule has 0 aliphatic heterocycles. The summed E-state index contributed by atoms with van der Waals surface area (Å²) in [5.41, 5.74) is 0.189. The van der Waals surface area contributed by atoms with Gasteiger partial charge in [-0.3, -0.25) is 4.79 Å². The molecule has 12 heavy (non-hydrogen) atoms. The second kappa shape index (κ2) is 3.79. The minimum Gasteiger partial charge on any atom is -0.340 e. The summed E-state index contributed by atoms with van der Waals surface area (Å²) in [4.78, 5) is 13.1. The van der Waals surface area contributed by atoms with Crippen molar-refractivity contribution in [1.29, 1.82) is 0 Å². The van der Waals surface area contributed by atoms with Crippen LogP contribution in [0.25, 0.3) is 0 Å². The van der Waals surface area contributed by atoms with Gasteiger partial charge in [-0.25, -0.2) is 0 Å². The number of pyridine rings is 1. The average Bonchev–Trinajstić information content (AvgIpc) is 2.01. The molecule has 0 fully saturated rings. The highest BCUT2D eigenvalue weighted by Gasteiger charge is 2.09.